The Bertz CT molecular complexity index is 527. The summed E-state index contributed by atoms with van der Waals surface area (Å²) < 4.78 is 0. The number of hydrazone groups is 1. The van der Waals surface area contributed by atoms with E-state index in [9.17, 15) is 0 Å². The molecule has 0 aliphatic carbocycles. The van der Waals surface area contributed by atoms with E-state index in [0.717, 1.165) is 5.71 Å². The average molecular weight is 212 g/mol. The zero-order chi connectivity index (χ0) is 11.5. The van der Waals surface area contributed by atoms with E-state index in [1.807, 2.05) is 26.0 Å². The lowest BCUT2D eigenvalue weighted by Gasteiger charge is -2.08. The molecule has 0 heterocycles. The van der Waals surface area contributed by atoms with Crippen LogP contribution < -0.4 is 0 Å². The summed E-state index contributed by atoms with van der Waals surface area (Å²) in [6, 6.07) is 14.8. The molecule has 0 atom stereocenters. The highest BCUT2D eigenvalue weighted by atomic mass is 15.4. The Morgan fingerprint density at radius 1 is 1.00 bits per heavy atom. The van der Waals surface area contributed by atoms with E-state index >= 15 is 0 Å². The summed E-state index contributed by atoms with van der Waals surface area (Å²) in [6.07, 6.45) is 0. The Morgan fingerprint density at radius 3 is 2.38 bits per heavy atom. The zero-order valence-electron chi connectivity index (χ0n) is 9.94. The molecular weight excluding hydrogens is 196 g/mol. The molecule has 0 unspecified atom stereocenters. The van der Waals surface area contributed by atoms with E-state index in [-0.39, 0.29) is 0 Å². The molecule has 0 aliphatic rings. The number of benzene rings is 2. The van der Waals surface area contributed by atoms with Gasteiger partial charge in [-0.25, -0.2) is 0 Å². The molecule has 2 rings (SSSR count). The summed E-state index contributed by atoms with van der Waals surface area (Å²) in [5, 5.41) is 8.75. The molecule has 0 saturated heterocycles. The topological polar surface area (TPSA) is 15.6 Å². The highest BCUT2D eigenvalue weighted by Crippen LogP contribution is 2.16. The second-order valence-corrected chi connectivity index (χ2v) is 4.09. The molecule has 16 heavy (non-hydrogen) atoms. The molecule has 0 fully saturated rings. The summed E-state index contributed by atoms with van der Waals surface area (Å²) in [7, 11) is 3.87. The van der Waals surface area contributed by atoms with Gasteiger partial charge in [0.15, 0.2) is 0 Å². The van der Waals surface area contributed by atoms with Crippen LogP contribution in [0.5, 0.6) is 0 Å². The summed E-state index contributed by atoms with van der Waals surface area (Å²) >= 11 is 0. The van der Waals surface area contributed by atoms with Gasteiger partial charge in [0.05, 0.1) is 5.71 Å². The number of hydrogen-bond donors (Lipinski definition) is 0. The van der Waals surface area contributed by atoms with Gasteiger partial charge in [0, 0.05) is 14.1 Å². The van der Waals surface area contributed by atoms with E-state index < -0.39 is 0 Å². The van der Waals surface area contributed by atoms with Crippen LogP contribution in [-0.4, -0.2) is 24.8 Å². The van der Waals surface area contributed by atoms with Crippen molar-refractivity contribution in [3.05, 3.63) is 48.0 Å². The zero-order valence-corrected chi connectivity index (χ0v) is 9.94. The largest absolute Gasteiger partial charge is 0.303 e. The van der Waals surface area contributed by atoms with Crippen molar-refractivity contribution in [3.8, 4) is 0 Å². The summed E-state index contributed by atoms with van der Waals surface area (Å²) in [5.74, 6) is 0. The Hall–Kier alpha value is -1.83. The third-order valence-electron chi connectivity index (χ3n) is 2.52. The lowest BCUT2D eigenvalue weighted by atomic mass is 10.0. The number of nitrogens with zero attached hydrogens (tertiary/aromatic N) is 2. The van der Waals surface area contributed by atoms with Crippen LogP contribution in [0, 0.1) is 0 Å². The van der Waals surface area contributed by atoms with Crippen molar-refractivity contribution in [3.63, 3.8) is 0 Å². The Kier molecular flexibility index (Phi) is 2.91. The normalized spacial score (nSPS) is 11.8. The fourth-order valence-corrected chi connectivity index (χ4v) is 1.77. The van der Waals surface area contributed by atoms with Crippen molar-refractivity contribution in [2.75, 3.05) is 14.1 Å². The molecule has 0 amide bonds. The van der Waals surface area contributed by atoms with Gasteiger partial charge in [-0.2, -0.15) is 5.10 Å². The second kappa shape index (κ2) is 4.35. The minimum absolute atomic E-state index is 1.04. The lowest BCUT2D eigenvalue weighted by Crippen LogP contribution is -2.07. The van der Waals surface area contributed by atoms with Gasteiger partial charge in [0.1, 0.15) is 0 Å². The number of hydrogen-bond acceptors (Lipinski definition) is 2. The van der Waals surface area contributed by atoms with Crippen LogP contribution in [0.15, 0.2) is 47.6 Å². The van der Waals surface area contributed by atoms with Gasteiger partial charge < -0.3 is 5.01 Å². The molecule has 0 spiro atoms. The van der Waals surface area contributed by atoms with E-state index in [1.54, 1.807) is 0 Å². The molecule has 0 bridgehead atoms. The molecule has 2 heteroatoms. The smallest absolute Gasteiger partial charge is 0.0646 e. The molecule has 0 saturated carbocycles. The summed E-state index contributed by atoms with van der Waals surface area (Å²) in [5.41, 5.74) is 2.21. The van der Waals surface area contributed by atoms with Gasteiger partial charge in [0.2, 0.25) is 0 Å². The maximum atomic E-state index is 4.40. The van der Waals surface area contributed by atoms with Gasteiger partial charge >= 0.3 is 0 Å². The van der Waals surface area contributed by atoms with Crippen LogP contribution in [0.25, 0.3) is 10.8 Å². The molecule has 2 nitrogen and oxygen atoms in total. The number of rotatable bonds is 2. The minimum atomic E-state index is 1.04. The monoisotopic (exact) mass is 212 g/mol. The predicted octanol–water partition coefficient (Wildman–Crippen LogP) is 3.13. The summed E-state index contributed by atoms with van der Waals surface area (Å²) in [4.78, 5) is 0. The molecule has 82 valence electrons. The van der Waals surface area contributed by atoms with Crippen LogP contribution >= 0.6 is 0 Å². The van der Waals surface area contributed by atoms with E-state index in [0.29, 0.717) is 0 Å². The first kappa shape index (κ1) is 10.7. The van der Waals surface area contributed by atoms with Crippen molar-refractivity contribution in [2.45, 2.75) is 6.92 Å². The first-order chi connectivity index (χ1) is 7.66. The van der Waals surface area contributed by atoms with Crippen LogP contribution in [0.4, 0.5) is 0 Å². The van der Waals surface area contributed by atoms with Gasteiger partial charge in [-0.1, -0.05) is 36.4 Å². The van der Waals surface area contributed by atoms with Crippen LogP contribution in [0.1, 0.15) is 12.5 Å². The van der Waals surface area contributed by atoms with Crippen LogP contribution in [0.2, 0.25) is 0 Å². The maximum absolute atomic E-state index is 4.40. The SMILES string of the molecule is C/C(=N\N(C)C)c1ccc2ccccc2c1. The second-order valence-electron chi connectivity index (χ2n) is 4.09. The van der Waals surface area contributed by atoms with Crippen LogP contribution in [0.3, 0.4) is 0 Å². The third-order valence-corrected chi connectivity index (χ3v) is 2.52. The Balaban J connectivity index is 2.47. The summed E-state index contributed by atoms with van der Waals surface area (Å²) in [6.45, 7) is 2.03. The average Bonchev–Trinajstić information content (AvgIpc) is 2.27. The van der Waals surface area contributed by atoms with E-state index in [1.165, 1.54) is 16.3 Å². The van der Waals surface area contributed by atoms with E-state index in [2.05, 4.69) is 47.6 Å². The van der Waals surface area contributed by atoms with Crippen molar-refractivity contribution >= 4 is 16.5 Å². The van der Waals surface area contributed by atoms with Gasteiger partial charge in [0.25, 0.3) is 0 Å². The van der Waals surface area contributed by atoms with Crippen LogP contribution in [-0.2, 0) is 0 Å². The lowest BCUT2D eigenvalue weighted by molar-refractivity contribution is 0.438. The van der Waals surface area contributed by atoms with Crippen molar-refractivity contribution in [1.29, 1.82) is 0 Å². The van der Waals surface area contributed by atoms with Crippen molar-refractivity contribution in [1.82, 2.24) is 5.01 Å². The van der Waals surface area contributed by atoms with Gasteiger partial charge in [-0.3, -0.25) is 0 Å². The number of fused-ring (bicyclic) bond motifs is 1. The molecular formula is C14H16N2. The molecule has 0 aliphatic heterocycles. The first-order valence-corrected chi connectivity index (χ1v) is 5.38. The highest BCUT2D eigenvalue weighted by molar-refractivity contribution is 6.01. The van der Waals surface area contributed by atoms with E-state index in [4.69, 9.17) is 0 Å². The van der Waals surface area contributed by atoms with Crippen molar-refractivity contribution < 1.29 is 0 Å². The third kappa shape index (κ3) is 2.22. The fourth-order valence-electron chi connectivity index (χ4n) is 1.77. The predicted molar refractivity (Wildman–Crippen MR) is 69.8 cm³/mol. The Morgan fingerprint density at radius 2 is 1.69 bits per heavy atom. The molecule has 0 radical (unpaired) electrons. The van der Waals surface area contributed by atoms with Gasteiger partial charge in [-0.15, -0.1) is 0 Å². The van der Waals surface area contributed by atoms with Gasteiger partial charge in [-0.05, 0) is 29.3 Å². The minimum Gasteiger partial charge on any atom is -0.303 e. The maximum Gasteiger partial charge on any atom is 0.0646 e. The molecule has 2 aromatic rings. The first-order valence-electron chi connectivity index (χ1n) is 5.38. The van der Waals surface area contributed by atoms with Crippen molar-refractivity contribution in [2.24, 2.45) is 5.10 Å². The molecule has 0 aromatic heterocycles. The Labute approximate surface area is 96.2 Å². The highest BCUT2D eigenvalue weighted by Gasteiger charge is 1.99. The molecule has 0 N–H and O–H groups in total. The molecule has 2 aromatic carbocycles. The fraction of sp³-hybridized carbons (Fsp3) is 0.214. The standard InChI is InChI=1S/C14H16N2/c1-11(15-16(2)3)13-9-8-12-6-4-5-7-14(12)10-13/h4-10H,1-3H3/b15-11+. The quantitative estimate of drug-likeness (QED) is 0.551.